The quantitative estimate of drug-likeness (QED) is 0.554. The van der Waals surface area contributed by atoms with Crippen molar-refractivity contribution in [1.29, 1.82) is 5.26 Å². The molecule has 6 heteroatoms. The lowest BCUT2D eigenvalue weighted by Gasteiger charge is -2.43. The number of allylic oxidation sites excluding steroid dienone is 2. The number of aromatic nitrogens is 1. The molecule has 1 aliphatic heterocycles. The summed E-state index contributed by atoms with van der Waals surface area (Å²) in [5.74, 6) is -0.700. The van der Waals surface area contributed by atoms with Crippen LogP contribution in [0.4, 0.5) is 0 Å². The van der Waals surface area contributed by atoms with Gasteiger partial charge in [0.1, 0.15) is 0 Å². The molecule has 0 aliphatic carbocycles. The van der Waals surface area contributed by atoms with Gasteiger partial charge in [-0.2, -0.15) is 5.26 Å². The molecule has 1 fully saturated rings. The fourth-order valence-corrected chi connectivity index (χ4v) is 4.03. The zero-order valence-electron chi connectivity index (χ0n) is 18.6. The van der Waals surface area contributed by atoms with Crippen molar-refractivity contribution in [1.82, 2.24) is 4.98 Å². The van der Waals surface area contributed by atoms with E-state index in [0.717, 1.165) is 17.5 Å². The SMILES string of the molecule is CC(C)(Cc1ccccc1C#N)[C@H]1OC[C@@H](C/C=C\CCC(=O)O)[C@@H](c2cccnc2)O1. The molecule has 1 N–H and O–H groups in total. The molecular weight excluding hydrogens is 404 g/mol. The number of hydrogen-bond acceptors (Lipinski definition) is 5. The first-order valence-electron chi connectivity index (χ1n) is 10.9. The predicted molar refractivity (Wildman–Crippen MR) is 121 cm³/mol. The fourth-order valence-electron chi connectivity index (χ4n) is 4.03. The molecule has 1 aromatic carbocycles. The summed E-state index contributed by atoms with van der Waals surface area (Å²) in [5, 5.41) is 18.2. The Labute approximate surface area is 189 Å². The van der Waals surface area contributed by atoms with E-state index in [2.05, 4.69) is 24.9 Å². The first kappa shape index (κ1) is 23.6. The largest absolute Gasteiger partial charge is 0.481 e. The number of rotatable bonds is 9. The van der Waals surface area contributed by atoms with Crippen LogP contribution in [0.3, 0.4) is 0 Å². The maximum Gasteiger partial charge on any atom is 0.303 e. The fraction of sp³-hybridized carbons (Fsp3) is 0.423. The average molecular weight is 435 g/mol. The number of benzene rings is 1. The molecule has 0 radical (unpaired) electrons. The van der Waals surface area contributed by atoms with Crippen LogP contribution in [0.5, 0.6) is 0 Å². The van der Waals surface area contributed by atoms with Gasteiger partial charge in [0.15, 0.2) is 6.29 Å². The molecule has 0 spiro atoms. The molecule has 2 aromatic rings. The molecule has 32 heavy (non-hydrogen) atoms. The monoisotopic (exact) mass is 434 g/mol. The van der Waals surface area contributed by atoms with Crippen LogP contribution < -0.4 is 0 Å². The van der Waals surface area contributed by atoms with Crippen LogP contribution in [0.1, 0.15) is 55.9 Å². The van der Waals surface area contributed by atoms with Gasteiger partial charge in [0.05, 0.1) is 24.3 Å². The lowest BCUT2D eigenvalue weighted by molar-refractivity contribution is -0.278. The highest BCUT2D eigenvalue weighted by molar-refractivity contribution is 5.66. The number of carboxylic acid groups (broad SMARTS) is 1. The number of ether oxygens (including phenoxy) is 2. The summed E-state index contributed by atoms with van der Waals surface area (Å²) in [6.45, 7) is 4.72. The number of hydrogen-bond donors (Lipinski definition) is 1. The zero-order chi connectivity index (χ0) is 23.0. The predicted octanol–water partition coefficient (Wildman–Crippen LogP) is 5.06. The Kier molecular flexibility index (Phi) is 8.15. The molecular formula is C26H30N2O4. The Bertz CT molecular complexity index is 965. The third kappa shape index (κ3) is 6.25. The summed E-state index contributed by atoms with van der Waals surface area (Å²) in [5.41, 5.74) is 2.30. The van der Waals surface area contributed by atoms with Crippen molar-refractivity contribution >= 4 is 5.97 Å². The Morgan fingerprint density at radius 1 is 1.28 bits per heavy atom. The van der Waals surface area contributed by atoms with Crippen LogP contribution in [-0.4, -0.2) is 29.0 Å². The van der Waals surface area contributed by atoms with Gasteiger partial charge in [0, 0.05) is 30.1 Å². The van der Waals surface area contributed by atoms with Crippen molar-refractivity contribution < 1.29 is 19.4 Å². The Hall–Kier alpha value is -3.01. The number of carboxylic acids is 1. The van der Waals surface area contributed by atoms with E-state index in [4.69, 9.17) is 14.6 Å². The van der Waals surface area contributed by atoms with Crippen LogP contribution >= 0.6 is 0 Å². The van der Waals surface area contributed by atoms with E-state index >= 15 is 0 Å². The van der Waals surface area contributed by atoms with Crippen molar-refractivity contribution in [2.45, 2.75) is 51.9 Å². The van der Waals surface area contributed by atoms with E-state index in [9.17, 15) is 10.1 Å². The maximum absolute atomic E-state index is 10.7. The minimum absolute atomic E-state index is 0.0960. The zero-order valence-corrected chi connectivity index (χ0v) is 18.6. The molecule has 1 saturated heterocycles. The number of aliphatic carboxylic acids is 1. The number of pyridine rings is 1. The normalized spacial score (nSPS) is 21.3. The van der Waals surface area contributed by atoms with Crippen LogP contribution in [0.15, 0.2) is 60.9 Å². The van der Waals surface area contributed by atoms with Gasteiger partial charge in [-0.3, -0.25) is 9.78 Å². The first-order chi connectivity index (χ1) is 15.4. The van der Waals surface area contributed by atoms with Gasteiger partial charge in [-0.25, -0.2) is 0 Å². The summed E-state index contributed by atoms with van der Waals surface area (Å²) >= 11 is 0. The molecule has 0 bridgehead atoms. The van der Waals surface area contributed by atoms with Crippen LogP contribution in [-0.2, 0) is 20.7 Å². The van der Waals surface area contributed by atoms with E-state index in [1.165, 1.54) is 0 Å². The molecule has 0 saturated carbocycles. The van der Waals surface area contributed by atoms with E-state index in [0.29, 0.717) is 25.0 Å². The third-order valence-electron chi connectivity index (χ3n) is 5.73. The van der Waals surface area contributed by atoms with Crippen molar-refractivity contribution in [2.75, 3.05) is 6.61 Å². The highest BCUT2D eigenvalue weighted by Crippen LogP contribution is 2.41. The summed E-state index contributed by atoms with van der Waals surface area (Å²) in [6, 6.07) is 13.8. The Balaban J connectivity index is 1.74. The molecule has 3 rings (SSSR count). The summed E-state index contributed by atoms with van der Waals surface area (Å²) in [7, 11) is 0. The van der Waals surface area contributed by atoms with Gasteiger partial charge in [-0.05, 0) is 42.5 Å². The third-order valence-corrected chi connectivity index (χ3v) is 5.73. The second kappa shape index (κ2) is 11.0. The minimum Gasteiger partial charge on any atom is -0.481 e. The maximum atomic E-state index is 10.7. The van der Waals surface area contributed by atoms with Crippen molar-refractivity contribution in [3.63, 3.8) is 0 Å². The molecule has 168 valence electrons. The summed E-state index contributed by atoms with van der Waals surface area (Å²) in [4.78, 5) is 15.0. The van der Waals surface area contributed by atoms with Crippen molar-refractivity contribution in [3.8, 4) is 6.07 Å². The van der Waals surface area contributed by atoms with Crippen LogP contribution in [0, 0.1) is 22.7 Å². The number of nitriles is 1. The number of nitrogens with zero attached hydrogens (tertiary/aromatic N) is 2. The molecule has 1 aliphatic rings. The van der Waals surface area contributed by atoms with E-state index in [-0.39, 0.29) is 23.9 Å². The van der Waals surface area contributed by atoms with Crippen molar-refractivity contribution in [2.24, 2.45) is 11.3 Å². The second-order valence-electron chi connectivity index (χ2n) is 8.84. The topological polar surface area (TPSA) is 92.4 Å². The van der Waals surface area contributed by atoms with Crippen molar-refractivity contribution in [3.05, 3.63) is 77.6 Å². The standard InChI is InChI=1S/C26H30N2O4/c1-26(2,15-19-9-6-7-10-20(19)16-27)25-31-18-22(11-4-3-5-13-23(29)30)24(32-25)21-12-8-14-28-17-21/h3-4,6-10,12,14,17,22,24-25H,5,11,13,15,18H2,1-2H3,(H,29,30)/b4-3-/t22-,24-,25+/m1/s1. The van der Waals surface area contributed by atoms with E-state index in [1.807, 2.05) is 54.7 Å². The van der Waals surface area contributed by atoms with Gasteiger partial charge >= 0.3 is 5.97 Å². The van der Waals surface area contributed by atoms with E-state index in [1.54, 1.807) is 6.20 Å². The minimum atomic E-state index is -0.796. The Morgan fingerprint density at radius 3 is 2.81 bits per heavy atom. The lowest BCUT2D eigenvalue weighted by atomic mass is 9.82. The highest BCUT2D eigenvalue weighted by atomic mass is 16.7. The molecule has 3 atom stereocenters. The lowest BCUT2D eigenvalue weighted by Crippen LogP contribution is -2.44. The molecule has 2 heterocycles. The highest BCUT2D eigenvalue weighted by Gasteiger charge is 2.40. The van der Waals surface area contributed by atoms with Crippen LogP contribution in [0.2, 0.25) is 0 Å². The second-order valence-corrected chi connectivity index (χ2v) is 8.84. The molecule has 1 aromatic heterocycles. The smallest absolute Gasteiger partial charge is 0.303 e. The average Bonchev–Trinajstić information content (AvgIpc) is 2.79. The van der Waals surface area contributed by atoms with Gasteiger partial charge in [-0.15, -0.1) is 0 Å². The number of carbonyl (C=O) groups is 1. The van der Waals surface area contributed by atoms with Gasteiger partial charge in [0.25, 0.3) is 0 Å². The molecule has 0 unspecified atom stereocenters. The van der Waals surface area contributed by atoms with Gasteiger partial charge in [-0.1, -0.05) is 50.3 Å². The Morgan fingerprint density at radius 2 is 2.09 bits per heavy atom. The molecule has 0 amide bonds. The van der Waals surface area contributed by atoms with Crippen LogP contribution in [0.25, 0.3) is 0 Å². The summed E-state index contributed by atoms with van der Waals surface area (Å²) < 4.78 is 12.7. The first-order valence-corrected chi connectivity index (χ1v) is 10.9. The summed E-state index contributed by atoms with van der Waals surface area (Å²) in [6.07, 6.45) is 8.88. The molecule has 6 nitrogen and oxygen atoms in total. The van der Waals surface area contributed by atoms with E-state index < -0.39 is 12.3 Å². The van der Waals surface area contributed by atoms with Gasteiger partial charge in [0.2, 0.25) is 0 Å². The van der Waals surface area contributed by atoms with Gasteiger partial charge < -0.3 is 14.6 Å².